The number of alkyl halides is 2. The lowest BCUT2D eigenvalue weighted by atomic mass is 10.2. The van der Waals surface area contributed by atoms with E-state index in [9.17, 15) is 18.4 Å². The normalized spacial score (nSPS) is 10.8. The van der Waals surface area contributed by atoms with Crippen LogP contribution >= 0.6 is 0 Å². The third-order valence-electron chi connectivity index (χ3n) is 1.16. The standard InChI is InChI=1S/C7H10F2O4/c1-3-13-5(10)4-7(8,9)6(11)12-2/h3-4H2,1-2H3. The molecule has 76 valence electrons. The van der Waals surface area contributed by atoms with Gasteiger partial charge in [-0.3, -0.25) is 4.79 Å². The van der Waals surface area contributed by atoms with Crippen molar-refractivity contribution >= 4 is 11.9 Å². The number of carbonyl (C=O) groups is 2. The highest BCUT2D eigenvalue weighted by molar-refractivity contribution is 5.84. The van der Waals surface area contributed by atoms with E-state index in [1.165, 1.54) is 6.92 Å². The lowest BCUT2D eigenvalue weighted by molar-refractivity contribution is -0.176. The van der Waals surface area contributed by atoms with Crippen molar-refractivity contribution in [3.8, 4) is 0 Å². The van der Waals surface area contributed by atoms with Gasteiger partial charge in [0.05, 0.1) is 13.7 Å². The summed E-state index contributed by atoms with van der Waals surface area (Å²) in [4.78, 5) is 21.0. The van der Waals surface area contributed by atoms with Crippen LogP contribution in [0.25, 0.3) is 0 Å². The van der Waals surface area contributed by atoms with E-state index in [0.717, 1.165) is 7.11 Å². The zero-order valence-corrected chi connectivity index (χ0v) is 7.30. The minimum Gasteiger partial charge on any atom is -0.466 e. The van der Waals surface area contributed by atoms with Gasteiger partial charge in [-0.2, -0.15) is 8.78 Å². The zero-order valence-electron chi connectivity index (χ0n) is 7.30. The van der Waals surface area contributed by atoms with Gasteiger partial charge in [0.1, 0.15) is 6.42 Å². The Labute approximate surface area is 73.8 Å². The molecule has 0 bridgehead atoms. The van der Waals surface area contributed by atoms with Gasteiger partial charge >= 0.3 is 17.9 Å². The van der Waals surface area contributed by atoms with Crippen LogP contribution in [0.4, 0.5) is 8.78 Å². The first kappa shape index (κ1) is 11.8. The van der Waals surface area contributed by atoms with E-state index >= 15 is 0 Å². The number of carbonyl (C=O) groups excluding carboxylic acids is 2. The molecule has 0 saturated heterocycles. The number of halogens is 2. The second-order valence-corrected chi connectivity index (χ2v) is 2.18. The number of esters is 2. The third-order valence-corrected chi connectivity index (χ3v) is 1.16. The van der Waals surface area contributed by atoms with Crippen molar-refractivity contribution < 1.29 is 27.8 Å². The Bertz CT molecular complexity index is 203. The first-order valence-electron chi connectivity index (χ1n) is 3.56. The number of rotatable bonds is 4. The maximum absolute atomic E-state index is 12.6. The Balaban J connectivity index is 4.16. The molecule has 0 aliphatic carbocycles. The van der Waals surface area contributed by atoms with Gasteiger partial charge < -0.3 is 9.47 Å². The lowest BCUT2D eigenvalue weighted by Gasteiger charge is -2.11. The average molecular weight is 196 g/mol. The van der Waals surface area contributed by atoms with E-state index in [1.54, 1.807) is 0 Å². The maximum atomic E-state index is 12.6. The molecular weight excluding hydrogens is 186 g/mol. The molecule has 0 aliphatic rings. The summed E-state index contributed by atoms with van der Waals surface area (Å²) in [5.74, 6) is -6.67. The summed E-state index contributed by atoms with van der Waals surface area (Å²) in [5.41, 5.74) is 0. The molecular formula is C7H10F2O4. The molecule has 0 amide bonds. The van der Waals surface area contributed by atoms with E-state index in [0.29, 0.717) is 0 Å². The Morgan fingerprint density at radius 1 is 1.38 bits per heavy atom. The Hall–Kier alpha value is -1.20. The number of hydrogen-bond donors (Lipinski definition) is 0. The summed E-state index contributed by atoms with van der Waals surface area (Å²) in [5, 5.41) is 0. The zero-order chi connectivity index (χ0) is 10.5. The molecule has 0 atom stereocenters. The van der Waals surface area contributed by atoms with Crippen molar-refractivity contribution in [3.63, 3.8) is 0 Å². The predicted octanol–water partition coefficient (Wildman–Crippen LogP) is 0.748. The minimum absolute atomic E-state index is 0.00388. The van der Waals surface area contributed by atoms with Crippen molar-refractivity contribution in [3.05, 3.63) is 0 Å². The summed E-state index contributed by atoms with van der Waals surface area (Å²) in [6, 6.07) is 0. The van der Waals surface area contributed by atoms with E-state index in [-0.39, 0.29) is 6.61 Å². The van der Waals surface area contributed by atoms with Crippen LogP contribution in [0.1, 0.15) is 13.3 Å². The summed E-state index contributed by atoms with van der Waals surface area (Å²) in [7, 11) is 0.821. The minimum atomic E-state index is -3.80. The van der Waals surface area contributed by atoms with Gasteiger partial charge in [-0.25, -0.2) is 4.79 Å². The molecule has 0 unspecified atom stereocenters. The van der Waals surface area contributed by atoms with Crippen LogP contribution in [0, 0.1) is 0 Å². The molecule has 0 fully saturated rings. The van der Waals surface area contributed by atoms with Crippen LogP contribution in [0.15, 0.2) is 0 Å². The fourth-order valence-corrected chi connectivity index (χ4v) is 0.615. The molecule has 0 rings (SSSR count). The highest BCUT2D eigenvalue weighted by atomic mass is 19.3. The Morgan fingerprint density at radius 2 is 1.92 bits per heavy atom. The SMILES string of the molecule is CCOC(=O)CC(F)(F)C(=O)OC. The lowest BCUT2D eigenvalue weighted by Crippen LogP contribution is -2.33. The molecule has 0 N–H and O–H groups in total. The monoisotopic (exact) mass is 196 g/mol. The number of ether oxygens (including phenoxy) is 2. The topological polar surface area (TPSA) is 52.6 Å². The van der Waals surface area contributed by atoms with E-state index in [1.807, 2.05) is 0 Å². The van der Waals surface area contributed by atoms with Crippen LogP contribution in [-0.4, -0.2) is 31.6 Å². The summed E-state index contributed by atoms with van der Waals surface area (Å²) in [6.45, 7) is 1.48. The quantitative estimate of drug-likeness (QED) is 0.622. The molecule has 0 spiro atoms. The molecule has 0 saturated carbocycles. The highest BCUT2D eigenvalue weighted by Gasteiger charge is 2.43. The Morgan fingerprint density at radius 3 is 2.31 bits per heavy atom. The second kappa shape index (κ2) is 4.74. The second-order valence-electron chi connectivity index (χ2n) is 2.18. The first-order chi connectivity index (χ1) is 5.94. The van der Waals surface area contributed by atoms with E-state index in [2.05, 4.69) is 9.47 Å². The van der Waals surface area contributed by atoms with Crippen molar-refractivity contribution in [2.45, 2.75) is 19.3 Å². The van der Waals surface area contributed by atoms with Crippen molar-refractivity contribution in [2.75, 3.05) is 13.7 Å². The molecule has 0 aliphatic heterocycles. The van der Waals surface area contributed by atoms with Gasteiger partial charge in [0.2, 0.25) is 0 Å². The third kappa shape index (κ3) is 3.82. The number of methoxy groups -OCH3 is 1. The van der Waals surface area contributed by atoms with Crippen molar-refractivity contribution in [2.24, 2.45) is 0 Å². The predicted molar refractivity (Wildman–Crippen MR) is 38.2 cm³/mol. The summed E-state index contributed by atoms with van der Waals surface area (Å²) >= 11 is 0. The Kier molecular flexibility index (Phi) is 4.30. The van der Waals surface area contributed by atoms with Gasteiger partial charge in [-0.15, -0.1) is 0 Å². The highest BCUT2D eigenvalue weighted by Crippen LogP contribution is 2.20. The van der Waals surface area contributed by atoms with Gasteiger partial charge in [0.25, 0.3) is 0 Å². The van der Waals surface area contributed by atoms with Crippen LogP contribution in [-0.2, 0) is 19.1 Å². The number of hydrogen-bond acceptors (Lipinski definition) is 4. The van der Waals surface area contributed by atoms with Crippen molar-refractivity contribution in [1.82, 2.24) is 0 Å². The molecule has 0 aromatic heterocycles. The molecule has 13 heavy (non-hydrogen) atoms. The van der Waals surface area contributed by atoms with Gasteiger partial charge in [-0.1, -0.05) is 0 Å². The molecule has 0 aromatic carbocycles. The van der Waals surface area contributed by atoms with Crippen LogP contribution in [0.3, 0.4) is 0 Å². The maximum Gasteiger partial charge on any atom is 0.377 e. The summed E-state index contributed by atoms with van der Waals surface area (Å²) in [6.07, 6.45) is -1.28. The van der Waals surface area contributed by atoms with Gasteiger partial charge in [-0.05, 0) is 6.92 Å². The van der Waals surface area contributed by atoms with Gasteiger partial charge in [0, 0.05) is 0 Å². The summed E-state index contributed by atoms with van der Waals surface area (Å²) < 4.78 is 33.3. The fraction of sp³-hybridized carbons (Fsp3) is 0.714. The average Bonchev–Trinajstić information content (AvgIpc) is 2.02. The van der Waals surface area contributed by atoms with Crippen LogP contribution in [0.2, 0.25) is 0 Å². The fourth-order valence-electron chi connectivity index (χ4n) is 0.615. The largest absolute Gasteiger partial charge is 0.466 e. The van der Waals surface area contributed by atoms with E-state index in [4.69, 9.17) is 0 Å². The van der Waals surface area contributed by atoms with Gasteiger partial charge in [0.15, 0.2) is 0 Å². The smallest absolute Gasteiger partial charge is 0.377 e. The van der Waals surface area contributed by atoms with E-state index < -0.39 is 24.3 Å². The molecule has 0 aromatic rings. The molecule has 0 heterocycles. The first-order valence-corrected chi connectivity index (χ1v) is 3.56. The van der Waals surface area contributed by atoms with Crippen LogP contribution < -0.4 is 0 Å². The molecule has 0 radical (unpaired) electrons. The van der Waals surface area contributed by atoms with Crippen LogP contribution in [0.5, 0.6) is 0 Å². The van der Waals surface area contributed by atoms with Crippen molar-refractivity contribution in [1.29, 1.82) is 0 Å². The molecule has 6 heteroatoms. The molecule has 4 nitrogen and oxygen atoms in total.